The lowest BCUT2D eigenvalue weighted by Crippen LogP contribution is -2.66. The van der Waals surface area contributed by atoms with Crippen molar-refractivity contribution in [3.63, 3.8) is 0 Å². The second-order valence-corrected chi connectivity index (χ2v) is 31.2. The van der Waals surface area contributed by atoms with Crippen molar-refractivity contribution in [1.82, 2.24) is 36.3 Å². The second-order valence-electron chi connectivity index (χ2n) is 31.2. The average Bonchev–Trinajstić information content (AvgIpc) is 1.54. The lowest BCUT2D eigenvalue weighted by molar-refractivity contribution is -0.314. The Balaban J connectivity index is 0.000000311. The molecule has 2 aromatic carbocycles. The molecule has 4 fully saturated rings. The van der Waals surface area contributed by atoms with Crippen LogP contribution in [0.15, 0.2) is 75.8 Å². The number of nitrogens with two attached hydrogens (primary N) is 5. The van der Waals surface area contributed by atoms with Crippen LogP contribution in [0, 0.1) is 30.6 Å². The zero-order chi connectivity index (χ0) is 92.0. The number of aliphatic hydroxyl groups is 11. The number of fused-ring (bicyclic) bond motifs is 14. The molecule has 26 atom stereocenters. The minimum atomic E-state index is -2.38. The molecule has 123 heavy (non-hydrogen) atoms. The summed E-state index contributed by atoms with van der Waals surface area (Å²) in [5, 5.41) is 168. The van der Waals surface area contributed by atoms with Crippen molar-refractivity contribution < 1.29 is 133 Å². The SMILES string of the molecule is CC[C@@H](CO)NCCN[C@@H](CC)CO.CN[C@@H]1[C@H](O[C@H]2[C@H](O[C@H]3[C@H](O)[C@@H](O)[C@H](N=C(N)N)[C@@H](O)[C@@H]3N=C(N)N)O[C@@H](C)[C@]2(O)C=O)O[C@@H](CO)[C@H](O)[C@H]1O.CO[C@H]1/C=C/O[C@@]2(C)Oc3c(C)c(O)c4c(O)c(c(/C=N\N5CCN(C)CC5)c(O)c4c3C2=O)NC(=O)/C(C)=C\C=C\[C@@H](C)[C@@H](O)[C@@H](C)[C@H](O)[C@H](C)[C@H](OC(C)=O)[C@@H]1C.NNC(=O)c1ccncc1. The van der Waals surface area contributed by atoms with E-state index in [9.17, 15) is 85.3 Å². The van der Waals surface area contributed by atoms with Crippen molar-refractivity contribution in [3.8, 4) is 23.0 Å². The number of ketones is 1. The van der Waals surface area contributed by atoms with Gasteiger partial charge in [-0.2, -0.15) is 5.10 Å². The molecule has 29 N–H and O–H groups in total. The summed E-state index contributed by atoms with van der Waals surface area (Å²) >= 11 is 0. The van der Waals surface area contributed by atoms with Gasteiger partial charge in [-0.1, -0.05) is 59.8 Å². The topological polar surface area (TPSA) is 689 Å². The van der Waals surface area contributed by atoms with Gasteiger partial charge in [0.2, 0.25) is 0 Å². The molecular formula is C80H128N16O27. The molecule has 0 radical (unpaired) electrons. The number of nitrogens with zero attached hydrogens (tertiary/aromatic N) is 6. The fourth-order valence-corrected chi connectivity index (χ4v) is 14.8. The molecule has 0 spiro atoms. The predicted octanol–water partition coefficient (Wildman–Crippen LogP) is -4.43. The first-order valence-corrected chi connectivity index (χ1v) is 40.4. The Morgan fingerprint density at radius 2 is 1.36 bits per heavy atom. The smallest absolute Gasteiger partial charge is 0.312 e. The van der Waals surface area contributed by atoms with Gasteiger partial charge in [0.15, 0.2) is 42.1 Å². The molecule has 0 unspecified atom stereocenters. The number of esters is 1. The lowest BCUT2D eigenvalue weighted by Gasteiger charge is -2.45. The molecule has 43 heteroatoms. The molecule has 10 rings (SSSR count). The van der Waals surface area contributed by atoms with Crippen LogP contribution in [0.5, 0.6) is 23.0 Å². The van der Waals surface area contributed by atoms with E-state index in [2.05, 4.69) is 46.2 Å². The number of hydrogen-bond acceptors (Lipinski definition) is 37. The number of nitrogens with one attached hydrogen (secondary N) is 5. The first-order valence-electron chi connectivity index (χ1n) is 40.4. The Labute approximate surface area is 712 Å². The van der Waals surface area contributed by atoms with Crippen LogP contribution >= 0.6 is 0 Å². The molecule has 2 amide bonds. The molecule has 7 aliphatic rings. The number of hydrogen-bond donors (Lipinski definition) is 24. The van der Waals surface area contributed by atoms with Crippen LogP contribution < -0.4 is 60.2 Å². The number of amides is 2. The molecule has 5 bridgehead atoms. The number of pyridine rings is 1. The number of phenolic OH excluding ortho intramolecular Hbond substituents is 3. The van der Waals surface area contributed by atoms with Gasteiger partial charge in [0, 0.05) is 130 Å². The summed E-state index contributed by atoms with van der Waals surface area (Å²) in [6.45, 7) is 21.8. The number of guanidine groups is 2. The Morgan fingerprint density at radius 3 is 1.89 bits per heavy atom. The summed E-state index contributed by atoms with van der Waals surface area (Å²) in [6.07, 6.45) is -7.52. The minimum Gasteiger partial charge on any atom is -0.507 e. The summed E-state index contributed by atoms with van der Waals surface area (Å²) < 4.78 is 46.5. The molecule has 6 aliphatic heterocycles. The summed E-state index contributed by atoms with van der Waals surface area (Å²) in [5.41, 5.74) is 21.6. The van der Waals surface area contributed by atoms with Crippen molar-refractivity contribution in [2.24, 2.45) is 67.5 Å². The van der Waals surface area contributed by atoms with E-state index in [1.54, 1.807) is 57.0 Å². The van der Waals surface area contributed by atoms with E-state index in [-0.39, 0.29) is 82.0 Å². The van der Waals surface area contributed by atoms with Gasteiger partial charge in [-0.25, -0.2) is 15.8 Å². The first kappa shape index (κ1) is 103. The van der Waals surface area contributed by atoms with E-state index in [1.807, 2.05) is 26.3 Å². The third kappa shape index (κ3) is 25.0. The summed E-state index contributed by atoms with van der Waals surface area (Å²) in [7, 11) is 4.84. The Hall–Kier alpha value is -9.01. The summed E-state index contributed by atoms with van der Waals surface area (Å²) in [4.78, 5) is 76.8. The minimum absolute atomic E-state index is 0.0559. The zero-order valence-corrected chi connectivity index (χ0v) is 71.6. The third-order valence-electron chi connectivity index (χ3n) is 22.7. The van der Waals surface area contributed by atoms with Gasteiger partial charge in [-0.3, -0.25) is 39.4 Å². The number of nitrogen functional groups attached to an aromatic ring is 1. The number of phenols is 3. The molecule has 1 aromatic heterocycles. The number of aromatic hydroxyl groups is 3. The number of methoxy groups -OCH3 is 1. The van der Waals surface area contributed by atoms with Crippen molar-refractivity contribution >= 4 is 64.4 Å². The molecule has 3 saturated heterocycles. The fraction of sp³-hybridized carbons (Fsp3) is 0.637. The lowest BCUT2D eigenvalue weighted by atomic mass is 9.78. The molecule has 3 aromatic rings. The highest BCUT2D eigenvalue weighted by atomic mass is 16.8. The van der Waals surface area contributed by atoms with Gasteiger partial charge in [-0.05, 0) is 65.9 Å². The molecule has 7 heterocycles. The number of ether oxygens (including phenoxy) is 8. The largest absolute Gasteiger partial charge is 0.507 e. The first-order chi connectivity index (χ1) is 58.1. The van der Waals surface area contributed by atoms with Gasteiger partial charge in [0.25, 0.3) is 17.6 Å². The normalized spacial score (nSPS) is 33.3. The van der Waals surface area contributed by atoms with E-state index in [4.69, 9.17) is 76.9 Å². The molecule has 43 nitrogen and oxygen atoms in total. The van der Waals surface area contributed by atoms with Crippen molar-refractivity contribution in [2.45, 2.75) is 223 Å². The van der Waals surface area contributed by atoms with Crippen LogP contribution in [-0.4, -0.2) is 348 Å². The standard InChI is InChI=1S/C43H58N4O12.C21H39N7O12.C10H24N2O2.C6H7N3O/c1-21-12-11-13-22(2)42(55)45-33-28(20-44-47-17-15-46(9)16-18-47)37(52)30-31(38(33)53)36(51)26(6)40-32(30)41(54)43(8,59-40)57-19-14-29(56-10)23(3)39(58-27(7)48)25(5)35(50)24(4)34(21)49;1-5-21(36,4-30)16(40-17-9(26-2)13(34)10(31)6(3-29)38-17)18(37-5)39-15-8(28-20(24)25)11(32)7(27-19(22)23)12(33)14(15)35;1-3-9(7-13)11-5-6-12-10(4-2)8-14;7-9-6(10)5-1-3-8-4-2-5/h11-14,19-21,23-25,29,34-35,39,49-53H,15-18H2,1-10H3,(H,45,55);4-18,26,29,31-36H,3H2,1-2H3,(H4,22,23,27)(H4,24,25,28);9-14H,3-8H2,1-2H3;1-4H,7H2,(H,9,10)/b12-11+,19-14+,22-13-,44-20-;;;/t21-,23-,24-,25+,29+,34-,35+,39-,43+;5-,6-,7+,8-,9-,10-,11+,12-,13-,14+,15+,16-,17-,18-,21+;9-,10-;/m100./s1. The van der Waals surface area contributed by atoms with Crippen molar-refractivity contribution in [1.29, 1.82) is 0 Å². The number of allylic oxidation sites excluding steroid dienone is 2. The van der Waals surface area contributed by atoms with Gasteiger partial charge in [0.1, 0.15) is 84.3 Å². The summed E-state index contributed by atoms with van der Waals surface area (Å²) in [5.74, 6) is -4.80. The van der Waals surface area contributed by atoms with E-state index < -0.39 is 199 Å². The fourth-order valence-electron chi connectivity index (χ4n) is 14.8. The van der Waals surface area contributed by atoms with E-state index in [1.165, 1.54) is 85.8 Å². The maximum Gasteiger partial charge on any atom is 0.312 e. The number of aromatic nitrogens is 1. The number of hydrazine groups is 1. The number of piperazine rings is 1. The monoisotopic (exact) mass is 1740 g/mol. The molecule has 690 valence electrons. The quantitative estimate of drug-likeness (QED) is 0.00407. The number of aliphatic hydroxyl groups excluding tert-OH is 10. The Kier molecular flexibility index (Phi) is 39.1. The highest BCUT2D eigenvalue weighted by molar-refractivity contribution is 6.24. The molecular weight excluding hydrogens is 1620 g/mol. The zero-order valence-electron chi connectivity index (χ0n) is 71.6. The van der Waals surface area contributed by atoms with Crippen LogP contribution in [0.25, 0.3) is 10.8 Å². The number of hydrazone groups is 1. The highest BCUT2D eigenvalue weighted by Crippen LogP contribution is 2.55. The number of rotatable bonds is 23. The van der Waals surface area contributed by atoms with E-state index in [0.29, 0.717) is 18.7 Å². The molecule has 1 saturated carbocycles. The van der Waals surface area contributed by atoms with Crippen molar-refractivity contribution in [3.05, 3.63) is 82.9 Å². The van der Waals surface area contributed by atoms with Gasteiger partial charge in [0.05, 0.1) is 85.0 Å². The highest BCUT2D eigenvalue weighted by Gasteiger charge is 2.61. The summed E-state index contributed by atoms with van der Waals surface area (Å²) in [6, 6.07) is -0.510. The maximum absolute atomic E-state index is 14.4. The second kappa shape index (κ2) is 46.8. The van der Waals surface area contributed by atoms with E-state index >= 15 is 0 Å². The van der Waals surface area contributed by atoms with Crippen LogP contribution in [0.2, 0.25) is 0 Å². The average molecular weight is 1750 g/mol. The third-order valence-corrected chi connectivity index (χ3v) is 22.7. The Morgan fingerprint density at radius 1 is 0.756 bits per heavy atom. The number of anilines is 1. The van der Waals surface area contributed by atoms with E-state index in [0.717, 1.165) is 39.0 Å². The number of aliphatic imine (C=N–C) groups is 2. The van der Waals surface area contributed by atoms with Crippen molar-refractivity contribution in [2.75, 3.05) is 85.6 Å². The van der Waals surface area contributed by atoms with Crippen LogP contribution in [0.3, 0.4) is 0 Å². The van der Waals surface area contributed by atoms with Crippen LogP contribution in [0.4, 0.5) is 5.69 Å². The number of benzene rings is 2. The van der Waals surface area contributed by atoms with Gasteiger partial charge < -0.3 is 158 Å². The van der Waals surface area contributed by atoms with Gasteiger partial charge >= 0.3 is 11.8 Å². The van der Waals surface area contributed by atoms with Gasteiger partial charge in [-0.15, -0.1) is 0 Å². The number of carbonyl (C=O) groups is 5. The number of likely N-dealkylation sites (N-methyl/N-ethyl adjacent to an activating group) is 2. The van der Waals surface area contributed by atoms with Crippen LogP contribution in [0.1, 0.15) is 114 Å². The maximum atomic E-state index is 14.4. The Bertz CT molecular complexity index is 4140. The number of aldehydes is 1. The number of carbonyl (C=O) groups excluding carboxylic acids is 5. The van der Waals surface area contributed by atoms with Crippen LogP contribution in [-0.2, 0) is 47.5 Å². The number of Topliss-reactive ketones (excluding diaryl/α,β-unsaturated/α-hetero) is 1. The predicted molar refractivity (Wildman–Crippen MR) is 448 cm³/mol. The molecule has 1 aliphatic carbocycles.